The minimum absolute atomic E-state index is 0.0266. The van der Waals surface area contributed by atoms with Crippen molar-refractivity contribution < 1.29 is 59.1 Å². The molecule has 10 unspecified atom stereocenters. The summed E-state index contributed by atoms with van der Waals surface area (Å²) in [7, 11) is 0. The van der Waals surface area contributed by atoms with Gasteiger partial charge in [0.25, 0.3) is 0 Å². The molecule has 2 saturated heterocycles. The number of aliphatic hydroxyl groups excluding tert-OH is 5. The van der Waals surface area contributed by atoms with Gasteiger partial charge in [-0.1, -0.05) is 6.92 Å². The first-order valence-corrected chi connectivity index (χ1v) is 11.0. The normalized spacial score (nSPS) is 46.5. The van der Waals surface area contributed by atoms with Crippen molar-refractivity contribution in [3.8, 4) is 0 Å². The average molecular weight is 478 g/mol. The second kappa shape index (κ2) is 11.0. The molecule has 6 N–H and O–H groups in total. The molecule has 0 aromatic carbocycles. The fraction of sp³-hybridized carbons (Fsp3) is 0.857. The van der Waals surface area contributed by atoms with Gasteiger partial charge in [-0.2, -0.15) is 0 Å². The second-order valence-corrected chi connectivity index (χ2v) is 9.07. The molecule has 0 radical (unpaired) electrons. The Morgan fingerprint density at radius 2 is 1.70 bits per heavy atom. The number of ether oxygens (including phenoxy) is 5. The van der Waals surface area contributed by atoms with Gasteiger partial charge in [0.1, 0.15) is 37.1 Å². The number of esters is 1. The summed E-state index contributed by atoms with van der Waals surface area (Å²) in [5.41, 5.74) is -1.80. The van der Waals surface area contributed by atoms with E-state index in [1.165, 1.54) is 13.0 Å². The Hall–Kier alpha value is -1.19. The molecule has 190 valence electrons. The summed E-state index contributed by atoms with van der Waals surface area (Å²) in [5.74, 6) is -0.789. The SMILES string of the molecule is CC1=CC(O)CC(C)CCOC2OC(COC3OCC(O)(COC1=O)C3O)C(O)C(O)C2O. The first-order chi connectivity index (χ1) is 15.5. The molecule has 12 nitrogen and oxygen atoms in total. The van der Waals surface area contributed by atoms with E-state index >= 15 is 0 Å². The molecule has 0 aromatic heterocycles. The molecule has 10 atom stereocenters. The molecule has 2 fully saturated rings. The monoisotopic (exact) mass is 478 g/mol. The number of hydrogen-bond donors (Lipinski definition) is 6. The Morgan fingerprint density at radius 3 is 2.42 bits per heavy atom. The van der Waals surface area contributed by atoms with Gasteiger partial charge in [0, 0.05) is 5.57 Å². The lowest BCUT2D eigenvalue weighted by Crippen LogP contribution is -2.59. The third-order valence-corrected chi connectivity index (χ3v) is 6.15. The van der Waals surface area contributed by atoms with Crippen LogP contribution in [0.2, 0.25) is 0 Å². The highest BCUT2D eigenvalue weighted by molar-refractivity contribution is 5.87. The minimum atomic E-state index is -1.94. The van der Waals surface area contributed by atoms with Crippen molar-refractivity contribution in [2.24, 2.45) is 5.92 Å². The van der Waals surface area contributed by atoms with Crippen LogP contribution in [0.25, 0.3) is 0 Å². The quantitative estimate of drug-likeness (QED) is 0.202. The Morgan fingerprint density at radius 1 is 0.970 bits per heavy atom. The van der Waals surface area contributed by atoms with Crippen molar-refractivity contribution in [2.45, 2.75) is 81.5 Å². The van der Waals surface area contributed by atoms with Gasteiger partial charge in [-0.15, -0.1) is 0 Å². The van der Waals surface area contributed by atoms with Crippen LogP contribution >= 0.6 is 0 Å². The van der Waals surface area contributed by atoms with Crippen molar-refractivity contribution in [3.05, 3.63) is 11.6 Å². The maximum Gasteiger partial charge on any atom is 0.333 e. The van der Waals surface area contributed by atoms with Crippen LogP contribution in [0.5, 0.6) is 0 Å². The fourth-order valence-corrected chi connectivity index (χ4v) is 3.95. The molecule has 12 heteroatoms. The van der Waals surface area contributed by atoms with E-state index in [4.69, 9.17) is 23.7 Å². The van der Waals surface area contributed by atoms with Crippen LogP contribution in [0.1, 0.15) is 26.7 Å². The van der Waals surface area contributed by atoms with E-state index in [2.05, 4.69) is 0 Å². The van der Waals surface area contributed by atoms with Crippen LogP contribution < -0.4 is 0 Å². The number of aliphatic hydroxyl groups is 6. The van der Waals surface area contributed by atoms with Crippen LogP contribution in [0.4, 0.5) is 0 Å². The van der Waals surface area contributed by atoms with Crippen LogP contribution in [0.3, 0.4) is 0 Å². The molecule has 0 spiro atoms. The lowest BCUT2D eigenvalue weighted by Gasteiger charge is -2.40. The molecule has 3 rings (SSSR count). The van der Waals surface area contributed by atoms with Crippen molar-refractivity contribution in [1.29, 1.82) is 0 Å². The van der Waals surface area contributed by atoms with Gasteiger partial charge < -0.3 is 54.3 Å². The van der Waals surface area contributed by atoms with E-state index in [0.717, 1.165) is 0 Å². The zero-order valence-electron chi connectivity index (χ0n) is 18.6. The topological polar surface area (TPSA) is 185 Å². The zero-order chi connectivity index (χ0) is 24.3. The van der Waals surface area contributed by atoms with Crippen LogP contribution in [-0.4, -0.2) is 118 Å². The summed E-state index contributed by atoms with van der Waals surface area (Å²) >= 11 is 0. The Labute approximate surface area is 191 Å². The summed E-state index contributed by atoms with van der Waals surface area (Å²) in [4.78, 5) is 12.2. The van der Waals surface area contributed by atoms with Crippen LogP contribution in [-0.2, 0) is 28.5 Å². The first-order valence-electron chi connectivity index (χ1n) is 11.0. The van der Waals surface area contributed by atoms with Crippen LogP contribution in [0.15, 0.2) is 11.6 Å². The number of carbonyl (C=O) groups excluding carboxylic acids is 1. The van der Waals surface area contributed by atoms with Crippen molar-refractivity contribution in [3.63, 3.8) is 0 Å². The molecule has 3 aliphatic heterocycles. The maximum absolute atomic E-state index is 12.2. The van der Waals surface area contributed by atoms with E-state index < -0.39 is 74.0 Å². The predicted octanol–water partition coefficient (Wildman–Crippen LogP) is -2.44. The zero-order valence-corrected chi connectivity index (χ0v) is 18.6. The summed E-state index contributed by atoms with van der Waals surface area (Å²) in [6, 6.07) is 0. The molecule has 4 bridgehead atoms. The molecule has 3 aliphatic rings. The van der Waals surface area contributed by atoms with Gasteiger partial charge in [0.2, 0.25) is 0 Å². The van der Waals surface area contributed by atoms with E-state index in [1.54, 1.807) is 0 Å². The number of hydrogen-bond acceptors (Lipinski definition) is 12. The van der Waals surface area contributed by atoms with E-state index in [-0.39, 0.29) is 24.7 Å². The van der Waals surface area contributed by atoms with E-state index in [0.29, 0.717) is 12.8 Å². The minimum Gasteiger partial charge on any atom is -0.459 e. The van der Waals surface area contributed by atoms with Gasteiger partial charge in [0.15, 0.2) is 18.2 Å². The van der Waals surface area contributed by atoms with Crippen molar-refractivity contribution >= 4 is 5.97 Å². The molecule has 0 amide bonds. The van der Waals surface area contributed by atoms with E-state index in [1.807, 2.05) is 6.92 Å². The van der Waals surface area contributed by atoms with Crippen molar-refractivity contribution in [1.82, 2.24) is 0 Å². The highest BCUT2D eigenvalue weighted by Crippen LogP contribution is 2.29. The van der Waals surface area contributed by atoms with Gasteiger partial charge in [-0.05, 0) is 31.8 Å². The Balaban J connectivity index is 1.76. The van der Waals surface area contributed by atoms with Crippen molar-refractivity contribution in [2.75, 3.05) is 26.4 Å². The lowest BCUT2D eigenvalue weighted by molar-refractivity contribution is -0.310. The molecular formula is C21H34O12. The predicted molar refractivity (Wildman–Crippen MR) is 108 cm³/mol. The average Bonchev–Trinajstić information content (AvgIpc) is 3.04. The lowest BCUT2D eigenvalue weighted by atomic mass is 9.98. The summed E-state index contributed by atoms with van der Waals surface area (Å²) in [6.45, 7) is 2.15. The number of rotatable bonds is 0. The van der Waals surface area contributed by atoms with Gasteiger partial charge in [-0.25, -0.2) is 4.79 Å². The molecule has 0 aromatic rings. The second-order valence-electron chi connectivity index (χ2n) is 9.07. The highest BCUT2D eigenvalue weighted by atomic mass is 16.7. The van der Waals surface area contributed by atoms with Crippen LogP contribution in [0, 0.1) is 5.92 Å². The largest absolute Gasteiger partial charge is 0.459 e. The standard InChI is InChI=1S/C21H34O12/c1-10-3-4-29-19-16(25)15(24)14(23)13(33-19)7-30-20-17(26)21(28,9-32-20)8-31-18(27)11(2)6-12(22)5-10/h6,10,12-17,19-20,22-26,28H,3-5,7-9H2,1-2H3. The van der Waals surface area contributed by atoms with E-state index in [9.17, 15) is 35.4 Å². The smallest absolute Gasteiger partial charge is 0.333 e. The first kappa shape index (κ1) is 26.4. The number of cyclic esters (lactones) is 1. The maximum atomic E-state index is 12.2. The van der Waals surface area contributed by atoms with Gasteiger partial charge in [0.05, 0.1) is 25.9 Å². The summed E-state index contributed by atoms with van der Waals surface area (Å²) in [5, 5.41) is 62.0. The molecule has 33 heavy (non-hydrogen) atoms. The third kappa shape index (κ3) is 6.28. The van der Waals surface area contributed by atoms with Gasteiger partial charge in [-0.3, -0.25) is 0 Å². The number of carbonyl (C=O) groups is 1. The molecule has 0 aliphatic carbocycles. The number of fused-ring (bicyclic) bond motifs is 4. The third-order valence-electron chi connectivity index (χ3n) is 6.15. The highest BCUT2D eigenvalue weighted by Gasteiger charge is 2.51. The molecular weight excluding hydrogens is 444 g/mol. The summed E-state index contributed by atoms with van der Waals surface area (Å²) < 4.78 is 26.9. The fourth-order valence-electron chi connectivity index (χ4n) is 3.95. The Kier molecular flexibility index (Phi) is 8.83. The molecule has 3 heterocycles. The Bertz CT molecular complexity index is 701. The van der Waals surface area contributed by atoms with Gasteiger partial charge >= 0.3 is 5.97 Å². The summed E-state index contributed by atoms with van der Waals surface area (Å²) in [6.07, 6.45) is -8.64. The molecule has 0 saturated carbocycles.